The van der Waals surface area contributed by atoms with E-state index in [0.717, 1.165) is 24.1 Å². The van der Waals surface area contributed by atoms with Gasteiger partial charge in [0.1, 0.15) is 0 Å². The lowest BCUT2D eigenvalue weighted by Gasteiger charge is -2.12. The van der Waals surface area contributed by atoms with E-state index >= 15 is 0 Å². The van der Waals surface area contributed by atoms with Crippen molar-refractivity contribution < 1.29 is 4.79 Å². The van der Waals surface area contributed by atoms with Gasteiger partial charge in [-0.15, -0.1) is 11.3 Å². The fourth-order valence-electron chi connectivity index (χ4n) is 1.94. The number of ketones is 1. The molecule has 1 heterocycles. The van der Waals surface area contributed by atoms with E-state index in [1.54, 1.807) is 12.1 Å². The van der Waals surface area contributed by atoms with Crippen molar-refractivity contribution in [2.45, 2.75) is 25.3 Å². The molecule has 0 saturated heterocycles. The largest absolute Gasteiger partial charge is 0.327 e. The average Bonchev–Trinajstić information content (AvgIpc) is 2.73. The van der Waals surface area contributed by atoms with Gasteiger partial charge in [-0.3, -0.25) is 4.79 Å². The molecule has 0 spiro atoms. The first-order valence-electron chi connectivity index (χ1n) is 4.73. The molecule has 1 saturated carbocycles. The average molecular weight is 230 g/mol. The van der Waals surface area contributed by atoms with Crippen LogP contribution in [0.1, 0.15) is 28.9 Å². The molecule has 1 aromatic rings. The van der Waals surface area contributed by atoms with Gasteiger partial charge in [-0.2, -0.15) is 0 Å². The molecule has 1 aliphatic rings. The summed E-state index contributed by atoms with van der Waals surface area (Å²) in [5, 5.41) is 0. The lowest BCUT2D eigenvalue weighted by Crippen LogP contribution is -2.30. The first-order valence-corrected chi connectivity index (χ1v) is 5.93. The number of rotatable bonds is 2. The van der Waals surface area contributed by atoms with Crippen LogP contribution in [0.25, 0.3) is 0 Å². The quantitative estimate of drug-likeness (QED) is 0.793. The van der Waals surface area contributed by atoms with Gasteiger partial charge >= 0.3 is 0 Å². The summed E-state index contributed by atoms with van der Waals surface area (Å²) >= 11 is 7.13. The maximum absolute atomic E-state index is 11.9. The van der Waals surface area contributed by atoms with Gasteiger partial charge in [-0.1, -0.05) is 18.0 Å². The Labute approximate surface area is 92.1 Å². The minimum Gasteiger partial charge on any atom is -0.327 e. The van der Waals surface area contributed by atoms with E-state index in [0.29, 0.717) is 4.34 Å². The summed E-state index contributed by atoms with van der Waals surface area (Å²) in [6.07, 6.45) is 2.96. The third kappa shape index (κ3) is 1.85. The van der Waals surface area contributed by atoms with Crippen LogP contribution in [-0.2, 0) is 0 Å². The van der Waals surface area contributed by atoms with E-state index in [-0.39, 0.29) is 17.7 Å². The van der Waals surface area contributed by atoms with Crippen LogP contribution >= 0.6 is 22.9 Å². The summed E-state index contributed by atoms with van der Waals surface area (Å²) in [7, 11) is 0. The molecule has 2 nitrogen and oxygen atoms in total. The van der Waals surface area contributed by atoms with Gasteiger partial charge in [0.15, 0.2) is 5.78 Å². The molecule has 4 heteroatoms. The van der Waals surface area contributed by atoms with Gasteiger partial charge < -0.3 is 5.73 Å². The van der Waals surface area contributed by atoms with Crippen molar-refractivity contribution in [2.24, 2.45) is 11.7 Å². The zero-order valence-electron chi connectivity index (χ0n) is 7.70. The summed E-state index contributed by atoms with van der Waals surface area (Å²) in [6, 6.07) is 3.60. The second kappa shape index (κ2) is 4.01. The lowest BCUT2D eigenvalue weighted by molar-refractivity contribution is 0.0917. The highest BCUT2D eigenvalue weighted by Gasteiger charge is 2.31. The van der Waals surface area contributed by atoms with E-state index in [4.69, 9.17) is 17.3 Å². The fraction of sp³-hybridized carbons (Fsp3) is 0.500. The first kappa shape index (κ1) is 10.1. The standard InChI is InChI=1S/C10H12ClNOS/c11-9-5-4-8(14-9)10(13)6-2-1-3-7(6)12/h4-7H,1-3,12H2. The van der Waals surface area contributed by atoms with Crippen LogP contribution in [0, 0.1) is 5.92 Å². The fourth-order valence-corrected chi connectivity index (χ4v) is 2.99. The van der Waals surface area contributed by atoms with Crippen LogP contribution in [-0.4, -0.2) is 11.8 Å². The Bertz CT molecular complexity index is 350. The van der Waals surface area contributed by atoms with Crippen molar-refractivity contribution in [3.05, 3.63) is 21.3 Å². The SMILES string of the molecule is NC1CCCC1C(=O)c1ccc(Cl)s1. The summed E-state index contributed by atoms with van der Waals surface area (Å²) in [5.74, 6) is 0.191. The van der Waals surface area contributed by atoms with Crippen LogP contribution in [0.5, 0.6) is 0 Å². The third-order valence-electron chi connectivity index (χ3n) is 2.72. The summed E-state index contributed by atoms with van der Waals surface area (Å²) in [4.78, 5) is 12.7. The Hall–Kier alpha value is -0.380. The zero-order chi connectivity index (χ0) is 10.1. The van der Waals surface area contributed by atoms with Crippen molar-refractivity contribution in [2.75, 3.05) is 0 Å². The van der Waals surface area contributed by atoms with Crippen molar-refractivity contribution in [3.63, 3.8) is 0 Å². The van der Waals surface area contributed by atoms with Crippen molar-refractivity contribution in [3.8, 4) is 0 Å². The number of carbonyl (C=O) groups excluding carboxylic acids is 1. The molecule has 76 valence electrons. The predicted octanol–water partition coefficient (Wildman–Crippen LogP) is 2.71. The molecule has 0 radical (unpaired) electrons. The Balaban J connectivity index is 2.15. The molecule has 0 amide bonds. The molecule has 1 aliphatic carbocycles. The van der Waals surface area contributed by atoms with Crippen LogP contribution < -0.4 is 5.73 Å². The first-order chi connectivity index (χ1) is 6.68. The van der Waals surface area contributed by atoms with Crippen LogP contribution in [0.15, 0.2) is 12.1 Å². The van der Waals surface area contributed by atoms with Gasteiger partial charge in [0, 0.05) is 12.0 Å². The van der Waals surface area contributed by atoms with Gasteiger partial charge in [0.25, 0.3) is 0 Å². The minimum absolute atomic E-state index is 0.0183. The number of hydrogen-bond donors (Lipinski definition) is 1. The minimum atomic E-state index is 0.0183. The molecule has 1 aromatic heterocycles. The number of Topliss-reactive ketones (excluding diaryl/α,β-unsaturated/α-hetero) is 1. The maximum Gasteiger partial charge on any atom is 0.177 e. The molecule has 2 unspecified atom stereocenters. The monoisotopic (exact) mass is 229 g/mol. The molecular weight excluding hydrogens is 218 g/mol. The Morgan fingerprint density at radius 1 is 1.50 bits per heavy atom. The normalized spacial score (nSPS) is 26.7. The van der Waals surface area contributed by atoms with Crippen LogP contribution in [0.4, 0.5) is 0 Å². The molecule has 2 atom stereocenters. The van der Waals surface area contributed by atoms with E-state index < -0.39 is 0 Å². The van der Waals surface area contributed by atoms with Gasteiger partial charge in [-0.05, 0) is 25.0 Å². The number of hydrogen-bond acceptors (Lipinski definition) is 3. The molecule has 0 aromatic carbocycles. The number of thiophene rings is 1. The second-order valence-electron chi connectivity index (χ2n) is 3.67. The molecular formula is C10H12ClNOS. The second-order valence-corrected chi connectivity index (χ2v) is 5.38. The predicted molar refractivity (Wildman–Crippen MR) is 59.0 cm³/mol. The number of nitrogens with two attached hydrogens (primary N) is 1. The highest BCUT2D eigenvalue weighted by atomic mass is 35.5. The molecule has 14 heavy (non-hydrogen) atoms. The summed E-state index contributed by atoms with van der Waals surface area (Å²) < 4.78 is 0.667. The molecule has 2 rings (SSSR count). The topological polar surface area (TPSA) is 43.1 Å². The highest BCUT2D eigenvalue weighted by molar-refractivity contribution is 7.18. The molecule has 0 bridgehead atoms. The van der Waals surface area contributed by atoms with Crippen LogP contribution in [0.3, 0.4) is 0 Å². The molecule has 1 fully saturated rings. The van der Waals surface area contributed by atoms with E-state index in [2.05, 4.69) is 0 Å². The molecule has 2 N–H and O–H groups in total. The van der Waals surface area contributed by atoms with Crippen molar-refractivity contribution >= 4 is 28.7 Å². The summed E-state index contributed by atoms with van der Waals surface area (Å²) in [5.41, 5.74) is 5.87. The Morgan fingerprint density at radius 3 is 2.79 bits per heavy atom. The Morgan fingerprint density at radius 2 is 2.29 bits per heavy atom. The smallest absolute Gasteiger partial charge is 0.177 e. The van der Waals surface area contributed by atoms with Gasteiger partial charge in [0.05, 0.1) is 9.21 Å². The van der Waals surface area contributed by atoms with Gasteiger partial charge in [-0.25, -0.2) is 0 Å². The summed E-state index contributed by atoms with van der Waals surface area (Å²) in [6.45, 7) is 0. The zero-order valence-corrected chi connectivity index (χ0v) is 9.27. The van der Waals surface area contributed by atoms with Crippen molar-refractivity contribution in [1.29, 1.82) is 0 Å². The highest BCUT2D eigenvalue weighted by Crippen LogP contribution is 2.31. The third-order valence-corrected chi connectivity index (χ3v) is 3.97. The maximum atomic E-state index is 11.9. The van der Waals surface area contributed by atoms with Gasteiger partial charge in [0.2, 0.25) is 0 Å². The van der Waals surface area contributed by atoms with Crippen molar-refractivity contribution in [1.82, 2.24) is 0 Å². The molecule has 0 aliphatic heterocycles. The number of carbonyl (C=O) groups is 1. The van der Waals surface area contributed by atoms with E-state index in [9.17, 15) is 4.79 Å². The van der Waals surface area contributed by atoms with E-state index in [1.165, 1.54) is 11.3 Å². The lowest BCUT2D eigenvalue weighted by atomic mass is 9.98. The Kier molecular flexibility index (Phi) is 2.91. The van der Waals surface area contributed by atoms with E-state index in [1.807, 2.05) is 0 Å². The van der Waals surface area contributed by atoms with Crippen LogP contribution in [0.2, 0.25) is 4.34 Å². The number of halogens is 1.